The molecular formula is C21H25FN4O2. The van der Waals surface area contributed by atoms with Gasteiger partial charge in [-0.15, -0.1) is 0 Å². The van der Waals surface area contributed by atoms with Gasteiger partial charge in [-0.2, -0.15) is 0 Å². The van der Waals surface area contributed by atoms with Crippen molar-refractivity contribution in [3.05, 3.63) is 53.9 Å². The number of carbonyl (C=O) groups excluding carboxylic acids is 1. The van der Waals surface area contributed by atoms with Gasteiger partial charge in [-0.1, -0.05) is 6.07 Å². The van der Waals surface area contributed by atoms with Crippen molar-refractivity contribution in [2.45, 2.75) is 38.3 Å². The number of hydrogen-bond acceptors (Lipinski definition) is 5. The lowest BCUT2D eigenvalue weighted by Crippen LogP contribution is -2.55. The van der Waals surface area contributed by atoms with Crippen LogP contribution in [0.4, 0.5) is 10.1 Å². The van der Waals surface area contributed by atoms with Crippen LogP contribution >= 0.6 is 0 Å². The highest BCUT2D eigenvalue weighted by Crippen LogP contribution is 2.33. The van der Waals surface area contributed by atoms with Gasteiger partial charge in [0.2, 0.25) is 0 Å². The number of ether oxygens (including phenoxy) is 1. The van der Waals surface area contributed by atoms with Crippen LogP contribution in [0.25, 0.3) is 0 Å². The summed E-state index contributed by atoms with van der Waals surface area (Å²) in [6.45, 7) is 5.02. The molecule has 2 saturated heterocycles. The molecule has 1 spiro atoms. The van der Waals surface area contributed by atoms with Gasteiger partial charge in [0, 0.05) is 25.0 Å². The molecule has 0 radical (unpaired) electrons. The quantitative estimate of drug-likeness (QED) is 0.814. The van der Waals surface area contributed by atoms with E-state index in [9.17, 15) is 9.18 Å². The first-order valence-corrected chi connectivity index (χ1v) is 9.74. The number of benzene rings is 1. The highest BCUT2D eigenvalue weighted by molar-refractivity contribution is 5.95. The first kappa shape index (κ1) is 19.0. The molecular weight excluding hydrogens is 359 g/mol. The molecule has 0 saturated carbocycles. The molecule has 148 valence electrons. The van der Waals surface area contributed by atoms with Crippen LogP contribution in [0.3, 0.4) is 0 Å². The number of anilines is 1. The van der Waals surface area contributed by atoms with Gasteiger partial charge in [-0.05, 0) is 57.0 Å². The van der Waals surface area contributed by atoms with E-state index in [0.29, 0.717) is 12.2 Å². The number of halogens is 1. The lowest BCUT2D eigenvalue weighted by Gasteiger charge is -2.42. The van der Waals surface area contributed by atoms with E-state index in [1.54, 1.807) is 23.2 Å². The summed E-state index contributed by atoms with van der Waals surface area (Å²) in [4.78, 5) is 25.1. The van der Waals surface area contributed by atoms with Crippen molar-refractivity contribution in [1.29, 1.82) is 0 Å². The van der Waals surface area contributed by atoms with E-state index in [0.717, 1.165) is 50.4 Å². The Morgan fingerprint density at radius 3 is 2.96 bits per heavy atom. The Balaban J connectivity index is 1.45. The molecule has 1 atom stereocenters. The molecule has 4 rings (SSSR count). The minimum absolute atomic E-state index is 0.0433. The first-order chi connectivity index (χ1) is 13.5. The van der Waals surface area contributed by atoms with Gasteiger partial charge < -0.3 is 9.64 Å². The molecule has 1 aromatic heterocycles. The van der Waals surface area contributed by atoms with Crippen molar-refractivity contribution in [1.82, 2.24) is 14.9 Å². The third kappa shape index (κ3) is 4.20. The molecule has 28 heavy (non-hydrogen) atoms. The number of likely N-dealkylation sites (tertiary alicyclic amines) is 1. The molecule has 0 aliphatic carbocycles. The smallest absolute Gasteiger partial charge is 0.253 e. The number of rotatable bonds is 3. The van der Waals surface area contributed by atoms with E-state index in [2.05, 4.69) is 14.9 Å². The fourth-order valence-corrected chi connectivity index (χ4v) is 4.10. The molecule has 7 heteroatoms. The van der Waals surface area contributed by atoms with Crippen LogP contribution in [0, 0.1) is 12.7 Å². The van der Waals surface area contributed by atoms with Gasteiger partial charge in [0.05, 0.1) is 17.8 Å². The maximum Gasteiger partial charge on any atom is 0.253 e. The zero-order valence-electron chi connectivity index (χ0n) is 16.1. The topological polar surface area (TPSA) is 58.6 Å². The largest absolute Gasteiger partial charge is 0.363 e. The summed E-state index contributed by atoms with van der Waals surface area (Å²) < 4.78 is 19.7. The Kier molecular flexibility index (Phi) is 5.37. The number of nitrogens with zero attached hydrogens (tertiary/aromatic N) is 4. The Hall–Kier alpha value is -2.38. The molecule has 3 heterocycles. The molecule has 1 unspecified atom stereocenters. The van der Waals surface area contributed by atoms with Gasteiger partial charge in [0.15, 0.2) is 0 Å². The molecule has 2 fully saturated rings. The van der Waals surface area contributed by atoms with Crippen molar-refractivity contribution in [2.75, 3.05) is 31.1 Å². The summed E-state index contributed by atoms with van der Waals surface area (Å²) in [5.41, 5.74) is 1.24. The summed E-state index contributed by atoms with van der Waals surface area (Å²) in [5.74, 6) is 0.329. The van der Waals surface area contributed by atoms with E-state index in [4.69, 9.17) is 4.74 Å². The van der Waals surface area contributed by atoms with Crippen LogP contribution in [-0.4, -0.2) is 52.6 Å². The first-order valence-electron chi connectivity index (χ1n) is 9.74. The Morgan fingerprint density at radius 1 is 1.25 bits per heavy atom. The van der Waals surface area contributed by atoms with Crippen LogP contribution in [0.5, 0.6) is 0 Å². The monoisotopic (exact) mass is 384 g/mol. The van der Waals surface area contributed by atoms with Gasteiger partial charge in [-0.25, -0.2) is 14.4 Å². The van der Waals surface area contributed by atoms with Crippen LogP contribution in [0.2, 0.25) is 0 Å². The molecule has 2 aromatic rings. The summed E-state index contributed by atoms with van der Waals surface area (Å²) >= 11 is 0. The maximum absolute atomic E-state index is 13.6. The van der Waals surface area contributed by atoms with E-state index >= 15 is 0 Å². The fraction of sp³-hybridized carbons (Fsp3) is 0.476. The molecule has 1 aromatic carbocycles. The van der Waals surface area contributed by atoms with Crippen LogP contribution < -0.4 is 4.90 Å². The minimum Gasteiger partial charge on any atom is -0.363 e. The van der Waals surface area contributed by atoms with Crippen molar-refractivity contribution in [3.63, 3.8) is 0 Å². The van der Waals surface area contributed by atoms with Crippen molar-refractivity contribution in [2.24, 2.45) is 0 Å². The Morgan fingerprint density at radius 2 is 2.14 bits per heavy atom. The summed E-state index contributed by atoms with van der Waals surface area (Å²) in [6.07, 6.45) is 4.49. The van der Waals surface area contributed by atoms with E-state index in [1.165, 1.54) is 12.1 Å². The molecule has 2 aliphatic rings. The Labute approximate surface area is 164 Å². The second-order valence-corrected chi connectivity index (χ2v) is 7.66. The zero-order chi connectivity index (χ0) is 19.6. The lowest BCUT2D eigenvalue weighted by molar-refractivity contribution is -0.140. The second kappa shape index (κ2) is 7.93. The van der Waals surface area contributed by atoms with Gasteiger partial charge in [0.1, 0.15) is 18.2 Å². The molecule has 0 bridgehead atoms. The predicted octanol–water partition coefficient (Wildman–Crippen LogP) is 2.71. The fourth-order valence-electron chi connectivity index (χ4n) is 4.10. The minimum atomic E-state index is -0.378. The van der Waals surface area contributed by atoms with Gasteiger partial charge >= 0.3 is 0 Å². The van der Waals surface area contributed by atoms with Crippen molar-refractivity contribution in [3.8, 4) is 0 Å². The van der Waals surface area contributed by atoms with E-state index in [1.807, 2.05) is 13.0 Å². The third-order valence-electron chi connectivity index (χ3n) is 5.58. The number of aryl methyl sites for hydroxylation is 1. The second-order valence-electron chi connectivity index (χ2n) is 7.66. The highest BCUT2D eigenvalue weighted by atomic mass is 19.1. The maximum atomic E-state index is 13.6. The Bertz CT molecular complexity index is 862. The number of morpholine rings is 1. The van der Waals surface area contributed by atoms with E-state index in [-0.39, 0.29) is 23.9 Å². The molecule has 6 nitrogen and oxygen atoms in total. The lowest BCUT2D eigenvalue weighted by atomic mass is 9.92. The zero-order valence-corrected chi connectivity index (χ0v) is 16.1. The van der Waals surface area contributed by atoms with E-state index < -0.39 is 0 Å². The summed E-state index contributed by atoms with van der Waals surface area (Å²) in [5, 5.41) is 0. The van der Waals surface area contributed by atoms with Gasteiger partial charge in [0.25, 0.3) is 5.91 Å². The predicted molar refractivity (Wildman–Crippen MR) is 103 cm³/mol. The highest BCUT2D eigenvalue weighted by Gasteiger charge is 2.41. The number of carbonyl (C=O) groups is 1. The molecule has 0 N–H and O–H groups in total. The summed E-state index contributed by atoms with van der Waals surface area (Å²) in [7, 11) is 0. The number of aromatic nitrogens is 2. The average molecular weight is 384 g/mol. The normalized spacial score (nSPS) is 23.8. The number of amides is 1. The molecule has 1 amide bonds. The van der Waals surface area contributed by atoms with Crippen molar-refractivity contribution < 1.29 is 13.9 Å². The standard InChI is InChI=1S/C21H25FN4O2/c1-16-23-9-6-18(24-16)13-25-10-3-7-21(8-11-25)15-26(20(27)14-28-21)19-5-2-4-17(22)12-19/h2,4-6,9,12H,3,7-8,10-11,13-15H2,1H3. The molecule has 2 aliphatic heterocycles. The average Bonchev–Trinajstić information content (AvgIpc) is 2.87. The number of hydrogen-bond donors (Lipinski definition) is 0. The van der Waals surface area contributed by atoms with Crippen LogP contribution in [0.15, 0.2) is 36.5 Å². The SMILES string of the molecule is Cc1nccc(CN2CCCC3(CC2)CN(c2cccc(F)c2)C(=O)CO3)n1. The van der Waals surface area contributed by atoms with Crippen LogP contribution in [0.1, 0.15) is 30.8 Å². The van der Waals surface area contributed by atoms with Gasteiger partial charge in [-0.3, -0.25) is 9.69 Å². The van der Waals surface area contributed by atoms with Crippen LogP contribution in [-0.2, 0) is 16.1 Å². The third-order valence-corrected chi connectivity index (χ3v) is 5.58. The summed E-state index contributed by atoms with van der Waals surface area (Å²) in [6, 6.07) is 8.17. The van der Waals surface area contributed by atoms with Crippen molar-refractivity contribution >= 4 is 11.6 Å².